The van der Waals surface area contributed by atoms with Gasteiger partial charge in [-0.3, -0.25) is 0 Å². The van der Waals surface area contributed by atoms with E-state index in [9.17, 15) is 0 Å². The van der Waals surface area contributed by atoms with E-state index in [-0.39, 0.29) is 0 Å². The smallest absolute Gasteiger partial charge is 0.0226 e. The average Bonchev–Trinajstić information content (AvgIpc) is 2.50. The lowest BCUT2D eigenvalue weighted by Crippen LogP contribution is -1.93. The molecule has 0 fully saturated rings. The Morgan fingerprint density at radius 2 is 2.42 bits per heavy atom. The van der Waals surface area contributed by atoms with E-state index < -0.39 is 0 Å². The van der Waals surface area contributed by atoms with Gasteiger partial charge in [0.2, 0.25) is 0 Å². The molecule has 1 aliphatic carbocycles. The molecule has 1 aromatic heterocycles. The molecule has 12 heavy (non-hydrogen) atoms. The Balaban J connectivity index is 2.34. The van der Waals surface area contributed by atoms with Crippen LogP contribution in [0.1, 0.15) is 23.2 Å². The van der Waals surface area contributed by atoms with Crippen LogP contribution in [0.4, 0.5) is 0 Å². The fraction of sp³-hybridized carbons (Fsp3) is 0.400. The minimum absolute atomic E-state index is 1.19. The van der Waals surface area contributed by atoms with Gasteiger partial charge in [0.15, 0.2) is 0 Å². The van der Waals surface area contributed by atoms with Crippen LogP contribution in [0.25, 0.3) is 6.08 Å². The van der Waals surface area contributed by atoms with Crippen molar-refractivity contribution in [2.75, 3.05) is 4.43 Å². The Morgan fingerprint density at radius 1 is 1.50 bits per heavy atom. The van der Waals surface area contributed by atoms with Gasteiger partial charge in [0, 0.05) is 16.3 Å². The molecular formula is C10H12IN. The molecule has 2 rings (SSSR count). The number of aromatic nitrogens is 1. The van der Waals surface area contributed by atoms with Gasteiger partial charge in [-0.15, -0.1) is 0 Å². The molecule has 0 radical (unpaired) electrons. The summed E-state index contributed by atoms with van der Waals surface area (Å²) in [5, 5.41) is 0. The van der Waals surface area contributed by atoms with Crippen LogP contribution >= 0.6 is 22.6 Å². The Morgan fingerprint density at radius 3 is 3.25 bits per heavy atom. The number of hydrogen-bond donors (Lipinski definition) is 1. The molecule has 1 N–H and O–H groups in total. The van der Waals surface area contributed by atoms with E-state index in [2.05, 4.69) is 45.9 Å². The second kappa shape index (κ2) is 3.64. The minimum atomic E-state index is 1.19. The van der Waals surface area contributed by atoms with Crippen molar-refractivity contribution in [2.24, 2.45) is 0 Å². The SMILES string of the molecule is ICCc1c[nH]c2c1C=CCC2. The van der Waals surface area contributed by atoms with Crippen molar-refractivity contribution >= 4 is 28.7 Å². The van der Waals surface area contributed by atoms with Gasteiger partial charge in [0.25, 0.3) is 0 Å². The van der Waals surface area contributed by atoms with E-state index >= 15 is 0 Å². The zero-order valence-corrected chi connectivity index (χ0v) is 9.10. The number of H-pyrrole nitrogens is 1. The largest absolute Gasteiger partial charge is 0.364 e. The Hall–Kier alpha value is -0.250. The van der Waals surface area contributed by atoms with E-state index in [1.165, 1.54) is 40.5 Å². The molecule has 64 valence electrons. The molecule has 0 saturated heterocycles. The Bertz CT molecular complexity index is 299. The van der Waals surface area contributed by atoms with Gasteiger partial charge in [0.05, 0.1) is 0 Å². The molecule has 0 saturated carbocycles. The zero-order valence-electron chi connectivity index (χ0n) is 6.94. The van der Waals surface area contributed by atoms with Crippen molar-refractivity contribution < 1.29 is 0 Å². The summed E-state index contributed by atoms with van der Waals surface area (Å²) in [6, 6.07) is 0. The summed E-state index contributed by atoms with van der Waals surface area (Å²) >= 11 is 2.43. The highest BCUT2D eigenvalue weighted by atomic mass is 127. The topological polar surface area (TPSA) is 15.8 Å². The molecule has 1 aromatic rings. The van der Waals surface area contributed by atoms with Gasteiger partial charge in [-0.1, -0.05) is 34.7 Å². The summed E-state index contributed by atoms with van der Waals surface area (Å²) in [4.78, 5) is 3.36. The fourth-order valence-corrected chi connectivity index (χ4v) is 2.26. The van der Waals surface area contributed by atoms with Crippen LogP contribution in [0.3, 0.4) is 0 Å². The monoisotopic (exact) mass is 273 g/mol. The molecule has 0 aliphatic heterocycles. The summed E-state index contributed by atoms with van der Waals surface area (Å²) in [6.07, 6.45) is 10.3. The van der Waals surface area contributed by atoms with E-state index in [0.717, 1.165) is 0 Å². The predicted octanol–water partition coefficient (Wildman–Crippen LogP) is 2.95. The van der Waals surface area contributed by atoms with Crippen LogP contribution in [0.2, 0.25) is 0 Å². The van der Waals surface area contributed by atoms with Gasteiger partial charge in [-0.05, 0) is 30.4 Å². The first-order valence-corrected chi connectivity index (χ1v) is 5.86. The Kier molecular flexibility index (Phi) is 2.54. The van der Waals surface area contributed by atoms with E-state index in [0.29, 0.717) is 0 Å². The zero-order chi connectivity index (χ0) is 8.39. The summed E-state index contributed by atoms with van der Waals surface area (Å²) in [5.41, 5.74) is 4.37. The number of halogens is 1. The molecule has 0 bridgehead atoms. The normalized spacial score (nSPS) is 14.8. The van der Waals surface area contributed by atoms with Gasteiger partial charge >= 0.3 is 0 Å². The third kappa shape index (κ3) is 1.44. The maximum Gasteiger partial charge on any atom is 0.0226 e. The van der Waals surface area contributed by atoms with Crippen LogP contribution in [-0.4, -0.2) is 9.41 Å². The molecule has 0 atom stereocenters. The van der Waals surface area contributed by atoms with Crippen molar-refractivity contribution in [3.63, 3.8) is 0 Å². The van der Waals surface area contributed by atoms with Gasteiger partial charge in [-0.2, -0.15) is 0 Å². The lowest BCUT2D eigenvalue weighted by Gasteiger charge is -2.05. The molecule has 0 amide bonds. The number of hydrogen-bond acceptors (Lipinski definition) is 0. The molecule has 1 aliphatic rings. The highest BCUT2D eigenvalue weighted by molar-refractivity contribution is 14.1. The van der Waals surface area contributed by atoms with Crippen molar-refractivity contribution in [2.45, 2.75) is 19.3 Å². The first-order valence-electron chi connectivity index (χ1n) is 4.33. The molecule has 1 nitrogen and oxygen atoms in total. The number of rotatable bonds is 2. The first-order chi connectivity index (χ1) is 5.92. The van der Waals surface area contributed by atoms with Crippen LogP contribution in [0.5, 0.6) is 0 Å². The second-order valence-electron chi connectivity index (χ2n) is 3.09. The molecule has 0 aromatic carbocycles. The minimum Gasteiger partial charge on any atom is -0.364 e. The summed E-state index contributed by atoms with van der Waals surface area (Å²) < 4.78 is 1.20. The number of nitrogens with one attached hydrogen (secondary N) is 1. The number of aromatic amines is 1. The summed E-state index contributed by atoms with van der Waals surface area (Å²) in [5.74, 6) is 0. The summed E-state index contributed by atoms with van der Waals surface area (Å²) in [6.45, 7) is 0. The van der Waals surface area contributed by atoms with Crippen LogP contribution in [0, 0.1) is 0 Å². The van der Waals surface area contributed by atoms with Crippen molar-refractivity contribution in [1.29, 1.82) is 0 Å². The molecule has 1 heterocycles. The molecule has 2 heteroatoms. The molecule has 0 spiro atoms. The van der Waals surface area contributed by atoms with Crippen molar-refractivity contribution in [3.05, 3.63) is 29.1 Å². The van der Waals surface area contributed by atoms with Crippen LogP contribution in [-0.2, 0) is 12.8 Å². The lowest BCUT2D eigenvalue weighted by molar-refractivity contribution is 0.944. The average molecular weight is 273 g/mol. The van der Waals surface area contributed by atoms with Crippen molar-refractivity contribution in [1.82, 2.24) is 4.98 Å². The number of fused-ring (bicyclic) bond motifs is 1. The van der Waals surface area contributed by atoms with E-state index in [1.807, 2.05) is 0 Å². The maximum atomic E-state index is 3.36. The second-order valence-corrected chi connectivity index (χ2v) is 4.16. The van der Waals surface area contributed by atoms with E-state index in [4.69, 9.17) is 0 Å². The van der Waals surface area contributed by atoms with Gasteiger partial charge in [-0.25, -0.2) is 0 Å². The number of alkyl halides is 1. The standard InChI is InChI=1S/C10H12IN/c11-6-5-8-7-12-10-4-2-1-3-9(8)10/h1,3,7,12H,2,4-6H2. The molecular weight excluding hydrogens is 261 g/mol. The van der Waals surface area contributed by atoms with Gasteiger partial charge in [0.1, 0.15) is 0 Å². The van der Waals surface area contributed by atoms with Crippen LogP contribution in [0.15, 0.2) is 12.3 Å². The van der Waals surface area contributed by atoms with Crippen LogP contribution < -0.4 is 0 Å². The predicted molar refractivity (Wildman–Crippen MR) is 60.7 cm³/mol. The number of allylic oxidation sites excluding steroid dienone is 1. The molecule has 0 unspecified atom stereocenters. The first kappa shape index (κ1) is 8.35. The third-order valence-corrected chi connectivity index (χ3v) is 2.84. The summed E-state index contributed by atoms with van der Waals surface area (Å²) in [7, 11) is 0. The maximum absolute atomic E-state index is 3.36. The van der Waals surface area contributed by atoms with E-state index in [1.54, 1.807) is 0 Å². The fourth-order valence-electron chi connectivity index (χ4n) is 1.68. The van der Waals surface area contributed by atoms with Gasteiger partial charge < -0.3 is 4.98 Å². The number of aryl methyl sites for hydroxylation is 2. The highest BCUT2D eigenvalue weighted by Gasteiger charge is 2.09. The quantitative estimate of drug-likeness (QED) is 0.630. The van der Waals surface area contributed by atoms with Crippen molar-refractivity contribution in [3.8, 4) is 0 Å². The Labute approximate surface area is 86.4 Å². The third-order valence-electron chi connectivity index (χ3n) is 2.30. The highest BCUT2D eigenvalue weighted by Crippen LogP contribution is 2.22. The lowest BCUT2D eigenvalue weighted by atomic mass is 10.0.